The normalized spacial score (nSPS) is 21.2. The Labute approximate surface area is 103 Å². The van der Waals surface area contributed by atoms with Crippen LogP contribution in [0.5, 0.6) is 0 Å². The molecule has 0 saturated carbocycles. The fourth-order valence-corrected chi connectivity index (χ4v) is 2.37. The molecule has 2 rings (SSSR count). The average Bonchev–Trinajstić information content (AvgIpc) is 2.82. The smallest absolute Gasteiger partial charge is 0.237 e. The van der Waals surface area contributed by atoms with Crippen LogP contribution in [0.1, 0.15) is 36.9 Å². The van der Waals surface area contributed by atoms with Crippen molar-refractivity contribution < 1.29 is 4.79 Å². The van der Waals surface area contributed by atoms with Crippen molar-refractivity contribution in [1.29, 1.82) is 0 Å². The third-order valence-electron chi connectivity index (χ3n) is 3.39. The highest BCUT2D eigenvalue weighted by Gasteiger charge is 2.23. The Morgan fingerprint density at radius 1 is 1.47 bits per heavy atom. The molecular formula is C14H20N2O. The Kier molecular flexibility index (Phi) is 3.79. The van der Waals surface area contributed by atoms with Gasteiger partial charge in [-0.1, -0.05) is 24.3 Å². The Balaban J connectivity index is 1.99. The number of rotatable bonds is 3. The number of aryl methyl sites for hydroxylation is 1. The monoisotopic (exact) mass is 232 g/mol. The first-order chi connectivity index (χ1) is 8.18. The van der Waals surface area contributed by atoms with E-state index in [1.54, 1.807) is 0 Å². The van der Waals surface area contributed by atoms with Crippen molar-refractivity contribution in [2.45, 2.75) is 38.8 Å². The van der Waals surface area contributed by atoms with Crippen LogP contribution in [0.4, 0.5) is 0 Å². The third-order valence-corrected chi connectivity index (χ3v) is 3.39. The van der Waals surface area contributed by atoms with E-state index in [0.717, 1.165) is 19.4 Å². The van der Waals surface area contributed by atoms with Gasteiger partial charge in [0.25, 0.3) is 0 Å². The molecule has 3 heteroatoms. The second kappa shape index (κ2) is 5.32. The Bertz CT molecular complexity index is 397. The zero-order valence-corrected chi connectivity index (χ0v) is 10.5. The highest BCUT2D eigenvalue weighted by molar-refractivity contribution is 5.82. The van der Waals surface area contributed by atoms with E-state index in [2.05, 4.69) is 29.7 Å². The predicted molar refractivity (Wildman–Crippen MR) is 68.8 cm³/mol. The Morgan fingerprint density at radius 2 is 2.24 bits per heavy atom. The maximum Gasteiger partial charge on any atom is 0.237 e. The molecule has 92 valence electrons. The van der Waals surface area contributed by atoms with Crippen LogP contribution in [0.25, 0.3) is 0 Å². The zero-order chi connectivity index (χ0) is 12.3. The van der Waals surface area contributed by atoms with Gasteiger partial charge in [-0.25, -0.2) is 0 Å². The summed E-state index contributed by atoms with van der Waals surface area (Å²) in [5.74, 6) is 0.123. The van der Waals surface area contributed by atoms with E-state index < -0.39 is 0 Å². The Morgan fingerprint density at radius 3 is 2.88 bits per heavy atom. The molecule has 1 saturated heterocycles. The zero-order valence-electron chi connectivity index (χ0n) is 10.5. The minimum Gasteiger partial charge on any atom is -0.348 e. The lowest BCUT2D eigenvalue weighted by Crippen LogP contribution is -2.41. The molecule has 2 atom stereocenters. The van der Waals surface area contributed by atoms with E-state index >= 15 is 0 Å². The molecule has 3 nitrogen and oxygen atoms in total. The van der Waals surface area contributed by atoms with E-state index in [1.165, 1.54) is 11.1 Å². The summed E-state index contributed by atoms with van der Waals surface area (Å²) in [7, 11) is 0. The standard InChI is InChI=1S/C14H20N2O/c1-10-6-3-4-7-12(10)11(2)16-14(17)13-8-5-9-15-13/h3-4,6-7,11,13,15H,5,8-9H2,1-2H3,(H,16,17)/t11-,13-/m0/s1. The van der Waals surface area contributed by atoms with Gasteiger partial charge in [0.15, 0.2) is 0 Å². The first kappa shape index (κ1) is 12.1. The highest BCUT2D eigenvalue weighted by Crippen LogP contribution is 2.17. The van der Waals surface area contributed by atoms with Gasteiger partial charge < -0.3 is 10.6 Å². The van der Waals surface area contributed by atoms with Crippen molar-refractivity contribution >= 4 is 5.91 Å². The summed E-state index contributed by atoms with van der Waals surface area (Å²) in [6.45, 7) is 5.07. The Hall–Kier alpha value is -1.35. The summed E-state index contributed by atoms with van der Waals surface area (Å²) < 4.78 is 0. The topological polar surface area (TPSA) is 41.1 Å². The maximum atomic E-state index is 12.0. The van der Waals surface area contributed by atoms with Crippen molar-refractivity contribution in [3.8, 4) is 0 Å². The van der Waals surface area contributed by atoms with Crippen LogP contribution in [0, 0.1) is 6.92 Å². The molecule has 1 aliphatic rings. The molecule has 1 aromatic carbocycles. The van der Waals surface area contributed by atoms with Gasteiger partial charge in [-0.2, -0.15) is 0 Å². The molecular weight excluding hydrogens is 212 g/mol. The summed E-state index contributed by atoms with van der Waals surface area (Å²) in [5.41, 5.74) is 2.42. The lowest BCUT2D eigenvalue weighted by atomic mass is 10.0. The first-order valence-electron chi connectivity index (χ1n) is 6.28. The maximum absolute atomic E-state index is 12.0. The van der Waals surface area contributed by atoms with Gasteiger partial charge in [-0.05, 0) is 44.4 Å². The van der Waals surface area contributed by atoms with Gasteiger partial charge in [0, 0.05) is 0 Å². The minimum atomic E-state index is 0.00136. The van der Waals surface area contributed by atoms with Crippen LogP contribution in [0.3, 0.4) is 0 Å². The molecule has 0 aromatic heterocycles. The fraction of sp³-hybridized carbons (Fsp3) is 0.500. The number of amides is 1. The van der Waals surface area contributed by atoms with Crippen molar-refractivity contribution in [2.75, 3.05) is 6.54 Å². The second-order valence-electron chi connectivity index (χ2n) is 4.74. The van der Waals surface area contributed by atoms with Gasteiger partial charge in [-0.15, -0.1) is 0 Å². The van der Waals surface area contributed by atoms with Gasteiger partial charge in [-0.3, -0.25) is 4.79 Å². The quantitative estimate of drug-likeness (QED) is 0.836. The number of hydrogen-bond acceptors (Lipinski definition) is 2. The molecule has 0 radical (unpaired) electrons. The van der Waals surface area contributed by atoms with Gasteiger partial charge >= 0.3 is 0 Å². The van der Waals surface area contributed by atoms with E-state index in [0.29, 0.717) is 0 Å². The van der Waals surface area contributed by atoms with E-state index in [1.807, 2.05) is 19.1 Å². The van der Waals surface area contributed by atoms with Crippen molar-refractivity contribution in [2.24, 2.45) is 0 Å². The van der Waals surface area contributed by atoms with Crippen LogP contribution in [0.2, 0.25) is 0 Å². The molecule has 1 fully saturated rings. The molecule has 2 N–H and O–H groups in total. The number of benzene rings is 1. The van der Waals surface area contributed by atoms with E-state index in [9.17, 15) is 4.79 Å². The summed E-state index contributed by atoms with van der Waals surface area (Å²) >= 11 is 0. The van der Waals surface area contributed by atoms with Crippen molar-refractivity contribution in [1.82, 2.24) is 10.6 Å². The highest BCUT2D eigenvalue weighted by atomic mass is 16.2. The molecule has 0 spiro atoms. The molecule has 0 unspecified atom stereocenters. The number of nitrogens with one attached hydrogen (secondary N) is 2. The molecule has 1 aromatic rings. The van der Waals surface area contributed by atoms with Gasteiger partial charge in [0.2, 0.25) is 5.91 Å². The van der Waals surface area contributed by atoms with Crippen molar-refractivity contribution in [3.05, 3.63) is 35.4 Å². The molecule has 17 heavy (non-hydrogen) atoms. The molecule has 1 aliphatic heterocycles. The minimum absolute atomic E-state index is 0.00136. The first-order valence-corrected chi connectivity index (χ1v) is 6.28. The molecule has 1 amide bonds. The SMILES string of the molecule is Cc1ccccc1[C@H](C)NC(=O)[C@@H]1CCCN1. The number of carbonyl (C=O) groups is 1. The van der Waals surface area contributed by atoms with Crippen LogP contribution in [0.15, 0.2) is 24.3 Å². The lowest BCUT2D eigenvalue weighted by molar-refractivity contribution is -0.123. The summed E-state index contributed by atoms with van der Waals surface area (Å²) in [4.78, 5) is 12.0. The summed E-state index contributed by atoms with van der Waals surface area (Å²) in [6.07, 6.45) is 2.04. The molecule has 1 heterocycles. The summed E-state index contributed by atoms with van der Waals surface area (Å²) in [5, 5.41) is 6.29. The number of hydrogen-bond donors (Lipinski definition) is 2. The number of carbonyl (C=O) groups excluding carboxylic acids is 1. The van der Waals surface area contributed by atoms with Crippen LogP contribution in [-0.4, -0.2) is 18.5 Å². The predicted octanol–water partition coefficient (Wildman–Crippen LogP) is 1.92. The van der Waals surface area contributed by atoms with E-state index in [-0.39, 0.29) is 18.0 Å². The fourth-order valence-electron chi connectivity index (χ4n) is 2.37. The third kappa shape index (κ3) is 2.86. The van der Waals surface area contributed by atoms with Crippen LogP contribution in [-0.2, 0) is 4.79 Å². The van der Waals surface area contributed by atoms with E-state index in [4.69, 9.17) is 0 Å². The van der Waals surface area contributed by atoms with Gasteiger partial charge in [0.1, 0.15) is 0 Å². The van der Waals surface area contributed by atoms with Crippen LogP contribution < -0.4 is 10.6 Å². The molecule has 0 bridgehead atoms. The molecule has 0 aliphatic carbocycles. The van der Waals surface area contributed by atoms with Gasteiger partial charge in [0.05, 0.1) is 12.1 Å². The summed E-state index contributed by atoms with van der Waals surface area (Å²) in [6, 6.07) is 8.26. The van der Waals surface area contributed by atoms with Crippen molar-refractivity contribution in [3.63, 3.8) is 0 Å². The lowest BCUT2D eigenvalue weighted by Gasteiger charge is -2.19. The second-order valence-corrected chi connectivity index (χ2v) is 4.74. The van der Waals surface area contributed by atoms with Crippen LogP contribution >= 0.6 is 0 Å². The average molecular weight is 232 g/mol. The largest absolute Gasteiger partial charge is 0.348 e.